The zero-order chi connectivity index (χ0) is 9.57. The molecular formula is C10H21NO2. The lowest BCUT2D eigenvalue weighted by molar-refractivity contribution is -0.145. The minimum Gasteiger partial charge on any atom is -0.348 e. The molecule has 0 radical (unpaired) electrons. The van der Waals surface area contributed by atoms with E-state index >= 15 is 0 Å². The van der Waals surface area contributed by atoms with Crippen LogP contribution in [0.5, 0.6) is 0 Å². The predicted molar refractivity (Wildman–Crippen MR) is 52.7 cm³/mol. The van der Waals surface area contributed by atoms with Crippen molar-refractivity contribution in [2.24, 2.45) is 0 Å². The van der Waals surface area contributed by atoms with Crippen molar-refractivity contribution in [2.75, 3.05) is 26.3 Å². The van der Waals surface area contributed by atoms with Crippen LogP contribution in [0, 0.1) is 0 Å². The van der Waals surface area contributed by atoms with Gasteiger partial charge in [-0.15, -0.1) is 0 Å². The average molecular weight is 187 g/mol. The first-order chi connectivity index (χ1) is 6.27. The number of unbranched alkanes of at least 4 members (excludes halogenated alkanes) is 1. The molecule has 0 saturated carbocycles. The number of rotatable bonds is 6. The molecule has 1 aliphatic heterocycles. The zero-order valence-electron chi connectivity index (χ0n) is 8.77. The molecule has 0 bridgehead atoms. The Balaban J connectivity index is 1.98. The molecule has 78 valence electrons. The highest BCUT2D eigenvalue weighted by atomic mass is 16.7. The third kappa shape index (κ3) is 4.07. The first kappa shape index (κ1) is 11.0. The van der Waals surface area contributed by atoms with Crippen LogP contribution in [0.1, 0.15) is 33.1 Å². The van der Waals surface area contributed by atoms with Gasteiger partial charge in [-0.2, -0.15) is 0 Å². The van der Waals surface area contributed by atoms with Gasteiger partial charge in [0.1, 0.15) is 0 Å². The summed E-state index contributed by atoms with van der Waals surface area (Å²) < 4.78 is 11.0. The number of hydrogen-bond donors (Lipinski definition) is 1. The molecule has 0 aromatic heterocycles. The Morgan fingerprint density at radius 2 is 1.92 bits per heavy atom. The first-order valence-corrected chi connectivity index (χ1v) is 5.25. The van der Waals surface area contributed by atoms with E-state index in [4.69, 9.17) is 9.47 Å². The van der Waals surface area contributed by atoms with Crippen LogP contribution in [0.2, 0.25) is 0 Å². The number of ether oxygens (including phenoxy) is 2. The smallest absolute Gasteiger partial charge is 0.166 e. The minimum absolute atomic E-state index is 0.320. The molecule has 0 atom stereocenters. The fraction of sp³-hybridized carbons (Fsp3) is 1.00. The molecule has 1 saturated heterocycles. The number of nitrogens with one attached hydrogen (secondary N) is 1. The van der Waals surface area contributed by atoms with Crippen LogP contribution < -0.4 is 5.32 Å². The van der Waals surface area contributed by atoms with Gasteiger partial charge in [-0.25, -0.2) is 0 Å². The van der Waals surface area contributed by atoms with Crippen molar-refractivity contribution in [3.63, 3.8) is 0 Å². The van der Waals surface area contributed by atoms with Crippen LogP contribution >= 0.6 is 0 Å². The molecular weight excluding hydrogens is 166 g/mol. The Hall–Kier alpha value is -0.120. The maximum atomic E-state index is 5.48. The first-order valence-electron chi connectivity index (χ1n) is 5.25. The Morgan fingerprint density at radius 3 is 2.54 bits per heavy atom. The Bertz CT molecular complexity index is 133. The van der Waals surface area contributed by atoms with Crippen molar-refractivity contribution < 1.29 is 9.47 Å². The average Bonchev–Trinajstić information content (AvgIpc) is 2.53. The van der Waals surface area contributed by atoms with Crippen molar-refractivity contribution in [3.8, 4) is 0 Å². The second-order valence-corrected chi connectivity index (χ2v) is 3.68. The van der Waals surface area contributed by atoms with Gasteiger partial charge in [-0.3, -0.25) is 0 Å². The number of hydrogen-bond acceptors (Lipinski definition) is 3. The molecule has 0 spiro atoms. The topological polar surface area (TPSA) is 30.5 Å². The van der Waals surface area contributed by atoms with Gasteiger partial charge in [0, 0.05) is 13.0 Å². The van der Waals surface area contributed by atoms with Crippen LogP contribution in [0.15, 0.2) is 0 Å². The lowest BCUT2D eigenvalue weighted by Gasteiger charge is -2.22. The minimum atomic E-state index is -0.320. The van der Waals surface area contributed by atoms with Gasteiger partial charge in [0.05, 0.1) is 13.2 Å². The van der Waals surface area contributed by atoms with Crippen LogP contribution in [0.25, 0.3) is 0 Å². The van der Waals surface area contributed by atoms with E-state index in [9.17, 15) is 0 Å². The van der Waals surface area contributed by atoms with Crippen LogP contribution in [-0.2, 0) is 9.47 Å². The van der Waals surface area contributed by atoms with Crippen molar-refractivity contribution in [1.29, 1.82) is 0 Å². The van der Waals surface area contributed by atoms with E-state index in [-0.39, 0.29) is 5.79 Å². The third-order valence-corrected chi connectivity index (χ3v) is 2.36. The normalized spacial score (nSPS) is 20.8. The Kier molecular flexibility index (Phi) is 4.70. The summed E-state index contributed by atoms with van der Waals surface area (Å²) in [5.41, 5.74) is 0. The van der Waals surface area contributed by atoms with Crippen LogP contribution in [-0.4, -0.2) is 32.1 Å². The van der Waals surface area contributed by atoms with Crippen molar-refractivity contribution >= 4 is 0 Å². The van der Waals surface area contributed by atoms with Crippen LogP contribution in [0.3, 0.4) is 0 Å². The largest absolute Gasteiger partial charge is 0.348 e. The van der Waals surface area contributed by atoms with E-state index in [0.29, 0.717) is 0 Å². The maximum absolute atomic E-state index is 5.48. The van der Waals surface area contributed by atoms with E-state index in [0.717, 1.165) is 32.7 Å². The molecule has 1 N–H and O–H groups in total. The molecule has 0 unspecified atom stereocenters. The molecule has 0 aromatic carbocycles. The summed E-state index contributed by atoms with van der Waals surface area (Å²) in [4.78, 5) is 0. The molecule has 1 aliphatic rings. The highest BCUT2D eigenvalue weighted by Crippen LogP contribution is 2.21. The molecule has 0 amide bonds. The fourth-order valence-electron chi connectivity index (χ4n) is 1.44. The second-order valence-electron chi connectivity index (χ2n) is 3.68. The monoisotopic (exact) mass is 187 g/mol. The van der Waals surface area contributed by atoms with Crippen LogP contribution in [0.4, 0.5) is 0 Å². The quantitative estimate of drug-likeness (QED) is 0.640. The van der Waals surface area contributed by atoms with Gasteiger partial charge < -0.3 is 14.8 Å². The molecule has 13 heavy (non-hydrogen) atoms. The van der Waals surface area contributed by atoms with E-state index in [1.165, 1.54) is 12.8 Å². The molecule has 0 aliphatic carbocycles. The standard InChI is InChI=1S/C10H21NO2/c1-3-4-6-11-7-5-10(2)12-8-9-13-10/h11H,3-9H2,1-2H3. The Morgan fingerprint density at radius 1 is 1.23 bits per heavy atom. The SMILES string of the molecule is CCCCNCCC1(C)OCCO1. The summed E-state index contributed by atoms with van der Waals surface area (Å²) in [6.45, 7) is 7.79. The third-order valence-electron chi connectivity index (χ3n) is 2.36. The molecule has 1 heterocycles. The van der Waals surface area contributed by atoms with E-state index in [1.54, 1.807) is 0 Å². The molecule has 3 heteroatoms. The Labute approximate surface area is 80.8 Å². The van der Waals surface area contributed by atoms with Gasteiger partial charge in [0.2, 0.25) is 0 Å². The van der Waals surface area contributed by atoms with Crippen molar-refractivity contribution in [1.82, 2.24) is 5.32 Å². The maximum Gasteiger partial charge on any atom is 0.166 e. The van der Waals surface area contributed by atoms with Gasteiger partial charge in [0.25, 0.3) is 0 Å². The summed E-state index contributed by atoms with van der Waals surface area (Å²) in [6, 6.07) is 0. The van der Waals surface area contributed by atoms with Crippen molar-refractivity contribution in [2.45, 2.75) is 38.9 Å². The highest BCUT2D eigenvalue weighted by Gasteiger charge is 2.29. The molecule has 1 fully saturated rings. The van der Waals surface area contributed by atoms with Crippen molar-refractivity contribution in [3.05, 3.63) is 0 Å². The molecule has 3 nitrogen and oxygen atoms in total. The summed E-state index contributed by atoms with van der Waals surface area (Å²) in [6.07, 6.45) is 3.44. The second kappa shape index (κ2) is 5.58. The predicted octanol–water partition coefficient (Wildman–Crippen LogP) is 1.53. The van der Waals surface area contributed by atoms with E-state index in [2.05, 4.69) is 12.2 Å². The lowest BCUT2D eigenvalue weighted by atomic mass is 10.2. The molecule has 1 rings (SSSR count). The molecule has 0 aromatic rings. The van der Waals surface area contributed by atoms with Gasteiger partial charge in [0.15, 0.2) is 5.79 Å². The summed E-state index contributed by atoms with van der Waals surface area (Å²) in [5.74, 6) is -0.320. The lowest BCUT2D eigenvalue weighted by Crippen LogP contribution is -2.31. The van der Waals surface area contributed by atoms with Gasteiger partial charge in [-0.1, -0.05) is 13.3 Å². The highest BCUT2D eigenvalue weighted by molar-refractivity contribution is 4.69. The summed E-state index contributed by atoms with van der Waals surface area (Å²) in [7, 11) is 0. The van der Waals surface area contributed by atoms with Gasteiger partial charge >= 0.3 is 0 Å². The van der Waals surface area contributed by atoms with E-state index < -0.39 is 0 Å². The summed E-state index contributed by atoms with van der Waals surface area (Å²) in [5, 5.41) is 3.38. The summed E-state index contributed by atoms with van der Waals surface area (Å²) >= 11 is 0. The van der Waals surface area contributed by atoms with E-state index in [1.807, 2.05) is 6.92 Å². The zero-order valence-corrected chi connectivity index (χ0v) is 8.77. The fourth-order valence-corrected chi connectivity index (χ4v) is 1.44. The van der Waals surface area contributed by atoms with Gasteiger partial charge in [-0.05, 0) is 19.9 Å².